The molecule has 148 valence electrons. The van der Waals surface area contributed by atoms with Crippen LogP contribution in [0.25, 0.3) is 0 Å². The zero-order valence-corrected chi connectivity index (χ0v) is 15.1. The predicted molar refractivity (Wildman–Crippen MR) is 92.9 cm³/mol. The third-order valence-electron chi connectivity index (χ3n) is 5.58. The average Bonchev–Trinajstić information content (AvgIpc) is 3.00. The van der Waals surface area contributed by atoms with E-state index in [0.29, 0.717) is 19.3 Å². The van der Waals surface area contributed by atoms with Crippen LogP contribution in [0.1, 0.15) is 44.1 Å². The van der Waals surface area contributed by atoms with E-state index < -0.39 is 42.5 Å². The summed E-state index contributed by atoms with van der Waals surface area (Å²) in [6.45, 7) is 0.0135. The summed E-state index contributed by atoms with van der Waals surface area (Å²) in [6, 6.07) is 8.66. The van der Waals surface area contributed by atoms with Crippen molar-refractivity contribution in [3.05, 3.63) is 35.9 Å². The first-order valence-corrected chi connectivity index (χ1v) is 9.45. The minimum Gasteiger partial charge on any atom is -0.447 e. The topological polar surface area (TPSA) is 46.6 Å². The molecule has 27 heavy (non-hydrogen) atoms. The molecule has 2 amide bonds. The van der Waals surface area contributed by atoms with Crippen molar-refractivity contribution in [2.45, 2.75) is 57.2 Å². The van der Waals surface area contributed by atoms with Crippen molar-refractivity contribution in [3.8, 4) is 0 Å². The lowest BCUT2D eigenvalue weighted by molar-refractivity contribution is -0.196. The number of benzene rings is 1. The second kappa shape index (κ2) is 8.31. The number of ether oxygens (including phenoxy) is 1. The number of nitrogens with zero attached hydrogens (tertiary/aromatic N) is 1. The summed E-state index contributed by atoms with van der Waals surface area (Å²) < 4.78 is 45.8. The number of alkyl halides is 3. The molecule has 3 rings (SSSR count). The van der Waals surface area contributed by atoms with E-state index in [0.717, 1.165) is 29.7 Å². The maximum atomic E-state index is 13.6. The molecule has 1 aromatic rings. The molecule has 1 aliphatic carbocycles. The quantitative estimate of drug-likeness (QED) is 0.739. The Morgan fingerprint density at radius 2 is 1.81 bits per heavy atom. The summed E-state index contributed by atoms with van der Waals surface area (Å²) in [5.41, 5.74) is 0.901. The number of rotatable bonds is 5. The summed E-state index contributed by atoms with van der Waals surface area (Å²) >= 11 is 0. The Hall–Kier alpha value is -2.05. The summed E-state index contributed by atoms with van der Waals surface area (Å²) in [5.74, 6) is -3.03. The predicted octanol–water partition coefficient (Wildman–Crippen LogP) is 4.73. The van der Waals surface area contributed by atoms with Crippen molar-refractivity contribution < 1.29 is 27.5 Å². The zero-order chi connectivity index (χ0) is 19.4. The van der Waals surface area contributed by atoms with Crippen molar-refractivity contribution in [1.29, 1.82) is 0 Å². The van der Waals surface area contributed by atoms with E-state index >= 15 is 0 Å². The van der Waals surface area contributed by atoms with Crippen LogP contribution in [-0.4, -0.2) is 35.7 Å². The molecule has 1 saturated heterocycles. The van der Waals surface area contributed by atoms with Gasteiger partial charge in [-0.1, -0.05) is 49.6 Å². The number of carbonyl (C=O) groups is 2. The van der Waals surface area contributed by atoms with E-state index in [2.05, 4.69) is 0 Å². The first-order chi connectivity index (χ1) is 12.9. The monoisotopic (exact) mass is 383 g/mol. The van der Waals surface area contributed by atoms with E-state index in [9.17, 15) is 22.8 Å². The highest BCUT2D eigenvalue weighted by Crippen LogP contribution is 2.42. The van der Waals surface area contributed by atoms with Gasteiger partial charge in [0.25, 0.3) is 0 Å². The largest absolute Gasteiger partial charge is 0.447 e. The SMILES string of the molecule is O=C(CC(C1CCCCC1)C(F)(F)F)N1C(=O)OCC1Cc1ccccc1. The van der Waals surface area contributed by atoms with Gasteiger partial charge in [0.15, 0.2) is 0 Å². The maximum Gasteiger partial charge on any atom is 0.416 e. The van der Waals surface area contributed by atoms with Gasteiger partial charge in [0.2, 0.25) is 5.91 Å². The Labute approximate surface area is 156 Å². The standard InChI is InChI=1S/C20H24F3NO3/c21-20(22,23)17(15-9-5-2-6-10-15)12-18(25)24-16(13-27-19(24)26)11-14-7-3-1-4-8-14/h1,3-4,7-8,15-17H,2,5-6,9-13H2. The van der Waals surface area contributed by atoms with Crippen LogP contribution in [0, 0.1) is 11.8 Å². The molecular weight excluding hydrogens is 359 g/mol. The molecular formula is C20H24F3NO3. The number of hydrogen-bond acceptors (Lipinski definition) is 3. The first kappa shape index (κ1) is 19.7. The highest BCUT2D eigenvalue weighted by atomic mass is 19.4. The van der Waals surface area contributed by atoms with Crippen LogP contribution in [-0.2, 0) is 16.0 Å². The minimum atomic E-state index is -4.45. The molecule has 7 heteroatoms. The molecule has 2 aliphatic rings. The lowest BCUT2D eigenvalue weighted by Crippen LogP contribution is -2.43. The maximum absolute atomic E-state index is 13.6. The van der Waals surface area contributed by atoms with Crippen molar-refractivity contribution in [3.63, 3.8) is 0 Å². The molecule has 0 spiro atoms. The first-order valence-electron chi connectivity index (χ1n) is 9.45. The van der Waals surface area contributed by atoms with E-state index in [4.69, 9.17) is 4.74 Å². The van der Waals surface area contributed by atoms with Gasteiger partial charge in [-0.3, -0.25) is 4.79 Å². The van der Waals surface area contributed by atoms with Gasteiger partial charge >= 0.3 is 12.3 Å². The fraction of sp³-hybridized carbons (Fsp3) is 0.600. The van der Waals surface area contributed by atoms with Crippen LogP contribution in [0.4, 0.5) is 18.0 Å². The van der Waals surface area contributed by atoms with Crippen molar-refractivity contribution >= 4 is 12.0 Å². The van der Waals surface area contributed by atoms with Gasteiger partial charge in [-0.25, -0.2) is 9.69 Å². The van der Waals surface area contributed by atoms with Gasteiger partial charge in [0.05, 0.1) is 12.0 Å². The van der Waals surface area contributed by atoms with Gasteiger partial charge in [0.1, 0.15) is 6.61 Å². The van der Waals surface area contributed by atoms with Crippen LogP contribution in [0.2, 0.25) is 0 Å². The average molecular weight is 383 g/mol. The molecule has 0 bridgehead atoms. The molecule has 1 heterocycles. The third kappa shape index (κ3) is 4.82. The Bertz CT molecular complexity index is 656. The Kier molecular flexibility index (Phi) is 6.07. The van der Waals surface area contributed by atoms with Gasteiger partial charge in [0, 0.05) is 6.42 Å². The lowest BCUT2D eigenvalue weighted by atomic mass is 9.78. The number of halogens is 3. The summed E-state index contributed by atoms with van der Waals surface area (Å²) in [4.78, 5) is 25.6. The van der Waals surface area contributed by atoms with E-state index in [1.54, 1.807) is 0 Å². The number of imide groups is 1. The molecule has 0 aromatic heterocycles. The number of cyclic esters (lactones) is 1. The highest BCUT2D eigenvalue weighted by molar-refractivity contribution is 5.93. The van der Waals surface area contributed by atoms with Crippen LogP contribution in [0.15, 0.2) is 30.3 Å². The van der Waals surface area contributed by atoms with Crippen LogP contribution < -0.4 is 0 Å². The molecule has 1 aromatic carbocycles. The van der Waals surface area contributed by atoms with Gasteiger partial charge in [-0.2, -0.15) is 13.2 Å². The van der Waals surface area contributed by atoms with Crippen LogP contribution in [0.3, 0.4) is 0 Å². The fourth-order valence-corrected chi connectivity index (χ4v) is 4.18. The highest BCUT2D eigenvalue weighted by Gasteiger charge is 2.48. The third-order valence-corrected chi connectivity index (χ3v) is 5.58. The molecule has 0 radical (unpaired) electrons. The molecule has 2 unspecified atom stereocenters. The van der Waals surface area contributed by atoms with Crippen LogP contribution >= 0.6 is 0 Å². The van der Waals surface area contributed by atoms with Crippen molar-refractivity contribution in [1.82, 2.24) is 4.90 Å². The second-order valence-electron chi connectivity index (χ2n) is 7.43. The number of hydrogen-bond donors (Lipinski definition) is 0. The molecule has 1 aliphatic heterocycles. The molecule has 2 fully saturated rings. The zero-order valence-electron chi connectivity index (χ0n) is 15.1. The minimum absolute atomic E-state index is 0.0135. The molecule has 1 saturated carbocycles. The Morgan fingerprint density at radius 3 is 2.44 bits per heavy atom. The van der Waals surface area contributed by atoms with Gasteiger partial charge in [-0.05, 0) is 30.7 Å². The van der Waals surface area contributed by atoms with Crippen molar-refractivity contribution in [2.24, 2.45) is 11.8 Å². The number of carbonyl (C=O) groups excluding carboxylic acids is 2. The van der Waals surface area contributed by atoms with Gasteiger partial charge < -0.3 is 4.74 Å². The lowest BCUT2D eigenvalue weighted by Gasteiger charge is -2.32. The van der Waals surface area contributed by atoms with E-state index in [1.165, 1.54) is 0 Å². The van der Waals surface area contributed by atoms with Gasteiger partial charge in [-0.15, -0.1) is 0 Å². The van der Waals surface area contributed by atoms with Crippen molar-refractivity contribution in [2.75, 3.05) is 6.61 Å². The smallest absolute Gasteiger partial charge is 0.416 e. The summed E-state index contributed by atoms with van der Waals surface area (Å²) in [5, 5.41) is 0. The van der Waals surface area contributed by atoms with Crippen LogP contribution in [0.5, 0.6) is 0 Å². The fourth-order valence-electron chi connectivity index (χ4n) is 4.18. The number of amides is 2. The van der Waals surface area contributed by atoms with E-state index in [-0.39, 0.29) is 6.61 Å². The summed E-state index contributed by atoms with van der Waals surface area (Å²) in [6.07, 6.45) is -2.19. The molecule has 4 nitrogen and oxygen atoms in total. The second-order valence-corrected chi connectivity index (χ2v) is 7.43. The molecule has 0 N–H and O–H groups in total. The normalized spacial score (nSPS) is 22.6. The Morgan fingerprint density at radius 1 is 1.15 bits per heavy atom. The summed E-state index contributed by atoms with van der Waals surface area (Å²) in [7, 11) is 0. The van der Waals surface area contributed by atoms with E-state index in [1.807, 2.05) is 30.3 Å². The Balaban J connectivity index is 1.72. The molecule has 2 atom stereocenters.